The number of nitrogens with zero attached hydrogens (tertiary/aromatic N) is 2. The molecule has 1 atom stereocenters. The second-order valence-electron chi connectivity index (χ2n) is 5.33. The van der Waals surface area contributed by atoms with Gasteiger partial charge in [0.15, 0.2) is 0 Å². The van der Waals surface area contributed by atoms with Crippen LogP contribution in [0, 0.1) is 5.92 Å². The van der Waals surface area contributed by atoms with Crippen LogP contribution >= 0.6 is 0 Å². The van der Waals surface area contributed by atoms with E-state index >= 15 is 0 Å². The quantitative estimate of drug-likeness (QED) is 0.853. The van der Waals surface area contributed by atoms with E-state index in [1.54, 1.807) is 0 Å². The Kier molecular flexibility index (Phi) is 4.60. The summed E-state index contributed by atoms with van der Waals surface area (Å²) in [4.78, 5) is 4.40. The van der Waals surface area contributed by atoms with Crippen LogP contribution in [0.25, 0.3) is 0 Å². The van der Waals surface area contributed by atoms with E-state index < -0.39 is 0 Å². The first-order valence-electron chi connectivity index (χ1n) is 7.05. The van der Waals surface area contributed by atoms with E-state index in [2.05, 4.69) is 16.5 Å². The Morgan fingerprint density at radius 2 is 2.18 bits per heavy atom. The predicted octanol–water partition coefficient (Wildman–Crippen LogP) is 2.74. The number of hydrogen-bond acceptors (Lipinski definition) is 2. The lowest BCUT2D eigenvalue weighted by Gasteiger charge is -2.24. The van der Waals surface area contributed by atoms with E-state index in [0.717, 1.165) is 24.7 Å². The summed E-state index contributed by atoms with van der Waals surface area (Å²) >= 11 is 0. The molecule has 17 heavy (non-hydrogen) atoms. The van der Waals surface area contributed by atoms with Crippen LogP contribution in [-0.4, -0.2) is 15.6 Å². The lowest BCUT2D eigenvalue weighted by Crippen LogP contribution is -2.28. The van der Waals surface area contributed by atoms with Gasteiger partial charge in [0.2, 0.25) is 0 Å². The lowest BCUT2D eigenvalue weighted by atomic mass is 9.84. The van der Waals surface area contributed by atoms with Gasteiger partial charge in [-0.25, -0.2) is 4.98 Å². The normalized spacial score (nSPS) is 19.4. The van der Waals surface area contributed by atoms with Gasteiger partial charge in [0.05, 0.1) is 0 Å². The van der Waals surface area contributed by atoms with E-state index in [-0.39, 0.29) is 6.04 Å². The maximum absolute atomic E-state index is 6.27. The van der Waals surface area contributed by atoms with Crippen molar-refractivity contribution >= 4 is 0 Å². The fraction of sp³-hybridized carbons (Fsp3) is 0.786. The molecule has 0 amide bonds. The van der Waals surface area contributed by atoms with E-state index in [1.807, 2.05) is 12.4 Å². The second kappa shape index (κ2) is 6.20. The Morgan fingerprint density at radius 3 is 2.88 bits per heavy atom. The molecule has 2 N–H and O–H groups in total. The van der Waals surface area contributed by atoms with Crippen LogP contribution in [0.1, 0.15) is 51.3 Å². The van der Waals surface area contributed by atoms with Crippen molar-refractivity contribution in [1.82, 2.24) is 9.55 Å². The van der Waals surface area contributed by atoms with Crippen LogP contribution in [0.2, 0.25) is 0 Å². The zero-order chi connectivity index (χ0) is 12.1. The van der Waals surface area contributed by atoms with Crippen molar-refractivity contribution < 1.29 is 0 Å². The molecule has 3 nitrogen and oxygen atoms in total. The standard InChI is InChI=1S/C14H25N3/c1-2-17-9-8-16-14(17)11-13(15)10-12-6-4-3-5-7-12/h8-9,12-13H,2-7,10-11,15H2,1H3. The van der Waals surface area contributed by atoms with E-state index in [1.165, 1.54) is 38.5 Å². The molecule has 1 aliphatic rings. The van der Waals surface area contributed by atoms with Crippen molar-refractivity contribution in [1.29, 1.82) is 0 Å². The molecule has 0 aromatic carbocycles. The summed E-state index contributed by atoms with van der Waals surface area (Å²) in [5.74, 6) is 2.01. The highest BCUT2D eigenvalue weighted by Crippen LogP contribution is 2.27. The molecule has 1 aromatic rings. The first-order chi connectivity index (χ1) is 8.29. The largest absolute Gasteiger partial charge is 0.335 e. The SMILES string of the molecule is CCn1ccnc1CC(N)CC1CCCCC1. The summed E-state index contributed by atoms with van der Waals surface area (Å²) in [5.41, 5.74) is 6.27. The van der Waals surface area contributed by atoms with Gasteiger partial charge in [-0.05, 0) is 19.3 Å². The van der Waals surface area contributed by atoms with Gasteiger partial charge in [0, 0.05) is 31.4 Å². The van der Waals surface area contributed by atoms with Crippen LogP contribution in [0.5, 0.6) is 0 Å². The number of aryl methyl sites for hydroxylation is 1. The molecule has 1 aliphatic carbocycles. The molecular weight excluding hydrogens is 210 g/mol. The zero-order valence-corrected chi connectivity index (χ0v) is 10.9. The molecule has 1 unspecified atom stereocenters. The zero-order valence-electron chi connectivity index (χ0n) is 10.9. The number of imidazole rings is 1. The third-order valence-electron chi connectivity index (χ3n) is 3.95. The smallest absolute Gasteiger partial charge is 0.110 e. The molecule has 1 heterocycles. The summed E-state index contributed by atoms with van der Waals surface area (Å²) in [7, 11) is 0. The molecule has 1 saturated carbocycles. The van der Waals surface area contributed by atoms with Crippen molar-refractivity contribution in [2.75, 3.05) is 0 Å². The van der Waals surface area contributed by atoms with Crippen LogP contribution in [0.3, 0.4) is 0 Å². The van der Waals surface area contributed by atoms with Gasteiger partial charge >= 0.3 is 0 Å². The van der Waals surface area contributed by atoms with Crippen molar-refractivity contribution in [3.05, 3.63) is 18.2 Å². The minimum Gasteiger partial charge on any atom is -0.335 e. The van der Waals surface area contributed by atoms with Crippen molar-refractivity contribution in [2.24, 2.45) is 11.7 Å². The van der Waals surface area contributed by atoms with Gasteiger partial charge in [-0.2, -0.15) is 0 Å². The highest BCUT2D eigenvalue weighted by Gasteiger charge is 2.18. The minimum atomic E-state index is 0.283. The van der Waals surface area contributed by atoms with Gasteiger partial charge in [0.1, 0.15) is 5.82 Å². The molecule has 0 radical (unpaired) electrons. The van der Waals surface area contributed by atoms with Crippen molar-refractivity contribution in [3.63, 3.8) is 0 Å². The third-order valence-corrected chi connectivity index (χ3v) is 3.95. The third kappa shape index (κ3) is 3.56. The molecule has 2 rings (SSSR count). The molecule has 3 heteroatoms. The molecule has 0 spiro atoms. The van der Waals surface area contributed by atoms with E-state index in [0.29, 0.717) is 0 Å². The molecule has 0 bridgehead atoms. The van der Waals surface area contributed by atoms with Crippen LogP contribution in [-0.2, 0) is 13.0 Å². The monoisotopic (exact) mass is 235 g/mol. The van der Waals surface area contributed by atoms with Gasteiger partial charge in [0.25, 0.3) is 0 Å². The van der Waals surface area contributed by atoms with Gasteiger partial charge in [-0.3, -0.25) is 0 Å². The summed E-state index contributed by atoms with van der Waals surface area (Å²) in [5, 5.41) is 0. The highest BCUT2D eigenvalue weighted by molar-refractivity contribution is 4.95. The number of hydrogen-bond donors (Lipinski definition) is 1. The average Bonchev–Trinajstić information content (AvgIpc) is 2.77. The average molecular weight is 235 g/mol. The van der Waals surface area contributed by atoms with Gasteiger partial charge in [-0.15, -0.1) is 0 Å². The van der Waals surface area contributed by atoms with Crippen molar-refractivity contribution in [2.45, 2.75) is 64.5 Å². The van der Waals surface area contributed by atoms with E-state index in [9.17, 15) is 0 Å². The molecule has 0 aliphatic heterocycles. The maximum atomic E-state index is 6.27. The molecular formula is C14H25N3. The maximum Gasteiger partial charge on any atom is 0.110 e. The van der Waals surface area contributed by atoms with Gasteiger partial charge < -0.3 is 10.3 Å². The van der Waals surface area contributed by atoms with Crippen LogP contribution in [0.4, 0.5) is 0 Å². The fourth-order valence-corrected chi connectivity index (χ4v) is 2.99. The Balaban J connectivity index is 1.82. The predicted molar refractivity (Wildman–Crippen MR) is 70.8 cm³/mol. The van der Waals surface area contributed by atoms with Crippen LogP contribution in [0.15, 0.2) is 12.4 Å². The number of rotatable bonds is 5. The first-order valence-corrected chi connectivity index (χ1v) is 7.05. The lowest BCUT2D eigenvalue weighted by molar-refractivity contribution is 0.315. The summed E-state index contributed by atoms with van der Waals surface area (Å²) < 4.78 is 2.20. The number of aromatic nitrogens is 2. The van der Waals surface area contributed by atoms with Crippen LogP contribution < -0.4 is 5.73 Å². The van der Waals surface area contributed by atoms with Gasteiger partial charge in [-0.1, -0.05) is 32.1 Å². The summed E-state index contributed by atoms with van der Waals surface area (Å²) in [6, 6.07) is 0.283. The minimum absolute atomic E-state index is 0.283. The Bertz CT molecular complexity index is 326. The topological polar surface area (TPSA) is 43.8 Å². The molecule has 96 valence electrons. The Morgan fingerprint density at radius 1 is 1.41 bits per heavy atom. The molecule has 1 aromatic heterocycles. The van der Waals surface area contributed by atoms with E-state index in [4.69, 9.17) is 5.73 Å². The fourth-order valence-electron chi connectivity index (χ4n) is 2.99. The summed E-state index contributed by atoms with van der Waals surface area (Å²) in [6.07, 6.45) is 13.0. The first kappa shape index (κ1) is 12.6. The highest BCUT2D eigenvalue weighted by atomic mass is 15.1. The Labute approximate surface area is 104 Å². The molecule has 0 saturated heterocycles. The number of nitrogens with two attached hydrogens (primary N) is 1. The van der Waals surface area contributed by atoms with Crippen molar-refractivity contribution in [3.8, 4) is 0 Å². The summed E-state index contributed by atoms with van der Waals surface area (Å²) in [6.45, 7) is 3.14. The second-order valence-corrected chi connectivity index (χ2v) is 5.33. The molecule has 1 fully saturated rings. The Hall–Kier alpha value is -0.830.